The molecule has 2 aliphatic heterocycles. The lowest BCUT2D eigenvalue weighted by Crippen LogP contribution is -2.46. The second kappa shape index (κ2) is 9.07. The lowest BCUT2D eigenvalue weighted by Gasteiger charge is -2.30. The Balaban J connectivity index is 1.54. The number of morpholine rings is 1. The van der Waals surface area contributed by atoms with Gasteiger partial charge in [0.2, 0.25) is 11.8 Å². The summed E-state index contributed by atoms with van der Waals surface area (Å²) in [5, 5.41) is 8.29. The Labute approximate surface area is 209 Å². The number of fused-ring (bicyclic) bond motifs is 1. The van der Waals surface area contributed by atoms with Crippen molar-refractivity contribution in [3.05, 3.63) is 53.1 Å². The summed E-state index contributed by atoms with van der Waals surface area (Å²) in [4.78, 5) is 15.6. The van der Waals surface area contributed by atoms with Gasteiger partial charge in [-0.3, -0.25) is 4.79 Å². The molecule has 10 nitrogen and oxygen atoms in total. The van der Waals surface area contributed by atoms with E-state index in [0.717, 1.165) is 0 Å². The molecule has 2 N–H and O–H groups in total. The molecule has 1 aromatic heterocycles. The summed E-state index contributed by atoms with van der Waals surface area (Å²) in [7, 11) is -3.90. The molecule has 0 aliphatic carbocycles. The van der Waals surface area contributed by atoms with Crippen LogP contribution >= 0.6 is 11.6 Å². The zero-order valence-corrected chi connectivity index (χ0v) is 20.2. The molecule has 3 aromatic rings. The molecule has 5 rings (SSSR count). The molecule has 1 fully saturated rings. The second-order valence-electron chi connectivity index (χ2n) is 8.42. The topological polar surface area (TPSA) is 132 Å². The van der Waals surface area contributed by atoms with Crippen LogP contribution in [0, 0.1) is 0 Å². The molecule has 0 radical (unpaired) electrons. The Kier molecular flexibility index (Phi) is 6.19. The molecular weight excluding hydrogens is 520 g/mol. The summed E-state index contributed by atoms with van der Waals surface area (Å²) in [6, 6.07) is 9.56. The van der Waals surface area contributed by atoms with Crippen LogP contribution in [0.4, 0.5) is 20.5 Å². The number of nitrogens with two attached hydrogens (primary N) is 1. The van der Waals surface area contributed by atoms with Gasteiger partial charge in [0.25, 0.3) is 0 Å². The summed E-state index contributed by atoms with van der Waals surface area (Å²) >= 11 is 5.96. The van der Waals surface area contributed by atoms with E-state index in [-0.39, 0.29) is 42.2 Å². The minimum atomic E-state index is -3.90. The van der Waals surface area contributed by atoms with Crippen LogP contribution < -0.4 is 15.5 Å². The monoisotopic (exact) mass is 539 g/mol. The number of benzene rings is 2. The number of hydrogen-bond acceptors (Lipinski definition) is 9. The third kappa shape index (κ3) is 4.78. The van der Waals surface area contributed by atoms with Crippen molar-refractivity contribution in [3.8, 4) is 11.5 Å². The molecule has 1 saturated heterocycles. The fourth-order valence-corrected chi connectivity index (χ4v) is 5.74. The summed E-state index contributed by atoms with van der Waals surface area (Å²) < 4.78 is 63.2. The lowest BCUT2D eigenvalue weighted by atomic mass is 10.1. The van der Waals surface area contributed by atoms with Crippen LogP contribution in [0.15, 0.2) is 51.8 Å². The van der Waals surface area contributed by atoms with Crippen molar-refractivity contribution < 1.29 is 31.1 Å². The molecule has 0 unspecified atom stereocenters. The van der Waals surface area contributed by atoms with Crippen LogP contribution in [-0.4, -0.2) is 62.1 Å². The highest BCUT2D eigenvalue weighted by Gasteiger charge is 2.39. The first-order valence-corrected chi connectivity index (χ1v) is 12.8. The van der Waals surface area contributed by atoms with Gasteiger partial charge in [-0.25, -0.2) is 8.42 Å². The molecular formula is C22H20ClF2N5O5S. The van der Waals surface area contributed by atoms with Crippen LogP contribution in [0.5, 0.6) is 0 Å². The Morgan fingerprint density at radius 1 is 1.17 bits per heavy atom. The Morgan fingerprint density at radius 2 is 1.92 bits per heavy atom. The van der Waals surface area contributed by atoms with Crippen molar-refractivity contribution in [2.24, 2.45) is 5.73 Å². The van der Waals surface area contributed by atoms with Crippen LogP contribution in [0.3, 0.4) is 0 Å². The second-order valence-corrected chi connectivity index (χ2v) is 10.9. The summed E-state index contributed by atoms with van der Waals surface area (Å²) in [6.07, 6.45) is -3.35. The van der Waals surface area contributed by atoms with Gasteiger partial charge in [-0.1, -0.05) is 28.8 Å². The zero-order valence-electron chi connectivity index (χ0n) is 18.6. The van der Waals surface area contributed by atoms with Crippen molar-refractivity contribution >= 4 is 39.0 Å². The number of nitrogens with zero attached hydrogens (tertiary/aromatic N) is 4. The van der Waals surface area contributed by atoms with E-state index in [0.29, 0.717) is 16.1 Å². The van der Waals surface area contributed by atoms with Crippen molar-refractivity contribution in [1.82, 2.24) is 10.2 Å². The van der Waals surface area contributed by atoms with E-state index < -0.39 is 40.2 Å². The highest BCUT2D eigenvalue weighted by atomic mass is 35.5. The van der Waals surface area contributed by atoms with Gasteiger partial charge in [-0.05, 0) is 35.9 Å². The Bertz CT molecular complexity index is 1420. The minimum absolute atomic E-state index is 0.0348. The third-order valence-corrected chi connectivity index (χ3v) is 7.87. The summed E-state index contributed by atoms with van der Waals surface area (Å²) in [5.41, 5.74) is 7.04. The third-order valence-electron chi connectivity index (χ3n) is 5.80. The maximum absolute atomic E-state index is 13.6. The summed E-state index contributed by atoms with van der Waals surface area (Å²) in [5.74, 6) is -1.16. The van der Waals surface area contributed by atoms with E-state index in [1.54, 1.807) is 24.3 Å². The SMILES string of the molecule is N[C@H]1CS(=O)(=O)c2ccc(-c3nnc(N4CCOC(F)(F)C4)o3)cc2N(Cc2ccc(Cl)cc2)C1=O. The first-order chi connectivity index (χ1) is 17.0. The van der Waals surface area contributed by atoms with Crippen molar-refractivity contribution in [1.29, 1.82) is 0 Å². The van der Waals surface area contributed by atoms with Gasteiger partial charge >= 0.3 is 12.1 Å². The van der Waals surface area contributed by atoms with Crippen LogP contribution in [0.1, 0.15) is 5.56 Å². The van der Waals surface area contributed by atoms with E-state index >= 15 is 0 Å². The number of aromatic nitrogens is 2. The number of carbonyl (C=O) groups is 1. The molecule has 14 heteroatoms. The van der Waals surface area contributed by atoms with Crippen molar-refractivity contribution in [3.63, 3.8) is 0 Å². The molecule has 0 saturated carbocycles. The van der Waals surface area contributed by atoms with E-state index in [1.165, 1.54) is 28.0 Å². The largest absolute Gasteiger partial charge is 0.403 e. The molecule has 0 spiro atoms. The average Bonchev–Trinajstić information content (AvgIpc) is 3.30. The van der Waals surface area contributed by atoms with E-state index in [9.17, 15) is 22.0 Å². The molecule has 3 heterocycles. The maximum Gasteiger partial charge on any atom is 0.373 e. The number of amides is 1. The van der Waals surface area contributed by atoms with E-state index in [1.807, 2.05) is 0 Å². The minimum Gasteiger partial charge on any atom is -0.403 e. The number of anilines is 2. The molecule has 1 amide bonds. The zero-order chi connectivity index (χ0) is 25.7. The van der Waals surface area contributed by atoms with Gasteiger partial charge < -0.3 is 24.7 Å². The highest BCUT2D eigenvalue weighted by molar-refractivity contribution is 7.91. The smallest absolute Gasteiger partial charge is 0.373 e. The predicted molar refractivity (Wildman–Crippen MR) is 126 cm³/mol. The summed E-state index contributed by atoms with van der Waals surface area (Å²) in [6.45, 7) is -0.809. The van der Waals surface area contributed by atoms with Crippen molar-refractivity contribution in [2.75, 3.05) is 35.2 Å². The standard InChI is InChI=1S/C22H20ClF2N5O5S/c23-15-4-1-13(2-5-15)10-30-17-9-14(3-6-18(17)36(32,33)11-16(26)20(30)31)19-27-28-21(35-19)29-7-8-34-22(24,25)12-29/h1-6,9,16H,7-8,10-12,26H2/t16-/m0/s1. The first kappa shape index (κ1) is 24.6. The maximum atomic E-state index is 13.6. The highest BCUT2D eigenvalue weighted by Crippen LogP contribution is 2.36. The molecule has 1 atom stereocenters. The van der Waals surface area contributed by atoms with Gasteiger partial charge in [0.1, 0.15) is 6.54 Å². The van der Waals surface area contributed by atoms with Gasteiger partial charge in [0, 0.05) is 17.1 Å². The fourth-order valence-electron chi connectivity index (χ4n) is 4.05. The molecule has 0 bridgehead atoms. The van der Waals surface area contributed by atoms with Gasteiger partial charge in [-0.15, -0.1) is 5.10 Å². The number of ether oxygens (including phenoxy) is 1. The number of halogens is 3. The molecule has 36 heavy (non-hydrogen) atoms. The normalized spacial score (nSPS) is 21.2. The lowest BCUT2D eigenvalue weighted by molar-refractivity contribution is -0.240. The van der Waals surface area contributed by atoms with Crippen molar-refractivity contribution in [2.45, 2.75) is 23.6 Å². The number of carbonyl (C=O) groups excluding carboxylic acids is 1. The number of rotatable bonds is 4. The Morgan fingerprint density at radius 3 is 2.64 bits per heavy atom. The number of sulfone groups is 1. The number of hydrogen-bond donors (Lipinski definition) is 1. The fraction of sp³-hybridized carbons (Fsp3) is 0.318. The molecule has 190 valence electrons. The van der Waals surface area contributed by atoms with Crippen LogP contribution in [-0.2, 0) is 25.9 Å². The van der Waals surface area contributed by atoms with Gasteiger partial charge in [-0.2, -0.15) is 8.78 Å². The van der Waals surface area contributed by atoms with Crippen LogP contribution in [0.25, 0.3) is 11.5 Å². The molecule has 2 aliphatic rings. The Hall–Kier alpha value is -3.13. The molecule has 2 aromatic carbocycles. The quantitative estimate of drug-likeness (QED) is 0.531. The van der Waals surface area contributed by atoms with Gasteiger partial charge in [0.15, 0.2) is 9.84 Å². The van der Waals surface area contributed by atoms with Gasteiger partial charge in [0.05, 0.1) is 35.5 Å². The first-order valence-electron chi connectivity index (χ1n) is 10.8. The predicted octanol–water partition coefficient (Wildman–Crippen LogP) is 2.47. The average molecular weight is 540 g/mol. The number of alkyl halides is 2. The van der Waals surface area contributed by atoms with Crippen LogP contribution in [0.2, 0.25) is 5.02 Å². The van der Waals surface area contributed by atoms with E-state index in [4.69, 9.17) is 21.8 Å². The van der Waals surface area contributed by atoms with E-state index in [2.05, 4.69) is 14.9 Å².